The lowest BCUT2D eigenvalue weighted by molar-refractivity contribution is -0.408. The summed E-state index contributed by atoms with van der Waals surface area (Å²) in [5.74, 6) is 1.01. The normalized spacial score (nSPS) is 56.2. The van der Waals surface area contributed by atoms with Crippen molar-refractivity contribution in [3.8, 4) is 0 Å². The van der Waals surface area contributed by atoms with Gasteiger partial charge in [-0.15, -0.1) is 0 Å². The molecule has 8 saturated heterocycles. The van der Waals surface area contributed by atoms with Crippen molar-refractivity contribution >= 4 is 0 Å². The Balaban J connectivity index is 0.000000167. The standard InChI is InChI=1S/C20H34O7.C16H26O11/c1-9-11(3)19(25-15-7-21-13(5)23-17(9)15)27-20-12(4)10(2)18-16(26-20)8-22-14(6)24-18;1-5-21-3-7-13(23-5)9(17)11(19)15(25-7)27-16-12(20)10(18)14-8(26-16)4-22-6(2)24-14/h9-20H,7-8H2,1-6H3;5-20H,3-4H2,1-2H3/t9-,10-,11-,12-,13?,14?,15-,16-,17+,18+,19-,20-;5?,6?,7-,8-,9-,10-,11-,12-,13-,14-,15-,16-/m11/s1. The molecular formula is C36H60O18. The fourth-order valence-corrected chi connectivity index (χ4v) is 8.39. The van der Waals surface area contributed by atoms with Gasteiger partial charge in [-0.1, -0.05) is 27.7 Å². The summed E-state index contributed by atoms with van der Waals surface area (Å²) in [6.07, 6.45) is -13.2. The molecule has 0 aliphatic carbocycles. The first-order valence-corrected chi connectivity index (χ1v) is 19.4. The number of rotatable bonds is 4. The third-order valence-corrected chi connectivity index (χ3v) is 12.1. The smallest absolute Gasteiger partial charge is 0.189 e. The lowest BCUT2D eigenvalue weighted by atomic mass is 9.83. The summed E-state index contributed by atoms with van der Waals surface area (Å²) >= 11 is 0. The van der Waals surface area contributed by atoms with Crippen molar-refractivity contribution in [2.75, 3.05) is 26.4 Å². The van der Waals surface area contributed by atoms with Crippen LogP contribution in [0.5, 0.6) is 0 Å². The zero-order valence-electron chi connectivity index (χ0n) is 32.2. The molecule has 8 rings (SSSR count). The van der Waals surface area contributed by atoms with E-state index in [0.29, 0.717) is 25.0 Å². The largest absolute Gasteiger partial charge is 0.387 e. The molecule has 8 heterocycles. The maximum atomic E-state index is 10.3. The second-order valence-electron chi connectivity index (χ2n) is 15.8. The first kappa shape index (κ1) is 41.4. The molecule has 0 spiro atoms. The first-order chi connectivity index (χ1) is 25.7. The van der Waals surface area contributed by atoms with Gasteiger partial charge in [-0.3, -0.25) is 0 Å². The fraction of sp³-hybridized carbons (Fsp3) is 1.00. The molecule has 4 unspecified atom stereocenters. The molecule has 0 bridgehead atoms. The highest BCUT2D eigenvalue weighted by molar-refractivity contribution is 4.96. The van der Waals surface area contributed by atoms with Gasteiger partial charge in [0.05, 0.1) is 38.6 Å². The molecule has 18 heteroatoms. The minimum atomic E-state index is -1.44. The molecule has 8 aliphatic heterocycles. The van der Waals surface area contributed by atoms with E-state index in [-0.39, 0.29) is 74.6 Å². The van der Waals surface area contributed by atoms with Crippen molar-refractivity contribution in [3.63, 3.8) is 0 Å². The summed E-state index contributed by atoms with van der Waals surface area (Å²) < 4.78 is 80.5. The molecule has 0 aromatic rings. The Morgan fingerprint density at radius 3 is 0.963 bits per heavy atom. The molecule has 8 aliphatic rings. The van der Waals surface area contributed by atoms with Gasteiger partial charge < -0.3 is 86.7 Å². The van der Waals surface area contributed by atoms with Crippen LogP contribution in [0.3, 0.4) is 0 Å². The summed E-state index contributed by atoms with van der Waals surface area (Å²) in [6.45, 7) is 17.3. The zero-order chi connectivity index (χ0) is 38.6. The van der Waals surface area contributed by atoms with Gasteiger partial charge in [-0.25, -0.2) is 0 Å². The van der Waals surface area contributed by atoms with Crippen LogP contribution in [-0.2, 0) is 66.3 Å². The maximum Gasteiger partial charge on any atom is 0.189 e. The van der Waals surface area contributed by atoms with Gasteiger partial charge in [0.25, 0.3) is 0 Å². The second kappa shape index (κ2) is 17.2. The number of hydrogen-bond acceptors (Lipinski definition) is 18. The van der Waals surface area contributed by atoms with E-state index in [4.69, 9.17) is 66.3 Å². The van der Waals surface area contributed by atoms with Crippen LogP contribution in [0.1, 0.15) is 55.4 Å². The first-order valence-electron chi connectivity index (χ1n) is 19.4. The van der Waals surface area contributed by atoms with Crippen molar-refractivity contribution in [2.45, 2.75) is 179 Å². The molecule has 0 saturated carbocycles. The summed E-state index contributed by atoms with van der Waals surface area (Å²) in [6, 6.07) is 0. The Morgan fingerprint density at radius 1 is 0.333 bits per heavy atom. The Morgan fingerprint density at radius 2 is 0.611 bits per heavy atom. The predicted molar refractivity (Wildman–Crippen MR) is 179 cm³/mol. The molecule has 24 atom stereocenters. The number of aliphatic hydroxyl groups excluding tert-OH is 4. The SMILES string of the molecule is CC1OC[C@H]2O[C@H](O[C@H]3O[C@@H]4COC(C)O[C@H]4[C@H](C)[C@H]3C)[C@H](C)[C@@H](C)[C@@H]2O1.CC1OC[C@H]2O[C@H](O[C@H]3O[C@@H]4COC(C)O[C@H]4[C@H](O)[C@H]3O)[C@H](O)[C@@H](O)[C@@H]2O1. The average molecular weight is 781 g/mol. The second-order valence-corrected chi connectivity index (χ2v) is 15.8. The minimum Gasteiger partial charge on any atom is -0.387 e. The monoisotopic (exact) mass is 780 g/mol. The quantitative estimate of drug-likeness (QED) is 0.295. The molecule has 0 amide bonds. The zero-order valence-corrected chi connectivity index (χ0v) is 32.2. The molecule has 0 aromatic heterocycles. The van der Waals surface area contributed by atoms with Gasteiger partial charge in [0.1, 0.15) is 61.0 Å². The van der Waals surface area contributed by atoms with Crippen molar-refractivity contribution in [1.82, 2.24) is 0 Å². The van der Waals surface area contributed by atoms with E-state index in [1.54, 1.807) is 13.8 Å². The molecule has 0 aromatic carbocycles. The van der Waals surface area contributed by atoms with Crippen LogP contribution < -0.4 is 0 Å². The summed E-state index contributed by atoms with van der Waals surface area (Å²) in [4.78, 5) is 0. The number of aliphatic hydroxyl groups is 4. The van der Waals surface area contributed by atoms with E-state index in [1.165, 1.54) is 0 Å². The molecule has 54 heavy (non-hydrogen) atoms. The number of hydrogen-bond donors (Lipinski definition) is 4. The van der Waals surface area contributed by atoms with Crippen LogP contribution in [0.4, 0.5) is 0 Å². The third-order valence-electron chi connectivity index (χ3n) is 12.1. The Hall–Kier alpha value is -0.720. The fourth-order valence-electron chi connectivity index (χ4n) is 8.39. The van der Waals surface area contributed by atoms with Gasteiger partial charge in [0, 0.05) is 11.8 Å². The van der Waals surface area contributed by atoms with E-state index < -0.39 is 74.0 Å². The maximum absolute atomic E-state index is 10.3. The molecule has 18 nitrogen and oxygen atoms in total. The topological polar surface area (TPSA) is 210 Å². The summed E-state index contributed by atoms with van der Waals surface area (Å²) in [5, 5.41) is 41.4. The average Bonchev–Trinajstić information content (AvgIpc) is 3.15. The van der Waals surface area contributed by atoms with Gasteiger partial charge in [0.15, 0.2) is 50.3 Å². The molecule has 0 radical (unpaired) electrons. The number of fused-ring (bicyclic) bond motifs is 4. The van der Waals surface area contributed by atoms with Crippen LogP contribution in [0.2, 0.25) is 0 Å². The van der Waals surface area contributed by atoms with Gasteiger partial charge >= 0.3 is 0 Å². The predicted octanol–water partition coefficient (Wildman–Crippen LogP) is -0.0608. The molecule has 4 N–H and O–H groups in total. The van der Waals surface area contributed by atoms with E-state index in [9.17, 15) is 20.4 Å². The Labute approximate surface area is 315 Å². The van der Waals surface area contributed by atoms with Crippen molar-refractivity contribution in [3.05, 3.63) is 0 Å². The molecule has 312 valence electrons. The van der Waals surface area contributed by atoms with Crippen molar-refractivity contribution in [1.29, 1.82) is 0 Å². The van der Waals surface area contributed by atoms with E-state index in [0.717, 1.165) is 0 Å². The van der Waals surface area contributed by atoms with Crippen molar-refractivity contribution in [2.24, 2.45) is 23.7 Å². The highest BCUT2D eigenvalue weighted by atomic mass is 16.8. The van der Waals surface area contributed by atoms with Crippen LogP contribution >= 0.6 is 0 Å². The Kier molecular flexibility index (Phi) is 13.2. The van der Waals surface area contributed by atoms with Crippen LogP contribution in [0.25, 0.3) is 0 Å². The third kappa shape index (κ3) is 8.53. The summed E-state index contributed by atoms with van der Waals surface area (Å²) in [7, 11) is 0. The molecule has 8 fully saturated rings. The summed E-state index contributed by atoms with van der Waals surface area (Å²) in [5.41, 5.74) is 0. The molecular weight excluding hydrogens is 720 g/mol. The van der Waals surface area contributed by atoms with Gasteiger partial charge in [-0.05, 0) is 39.5 Å². The van der Waals surface area contributed by atoms with E-state index in [1.807, 2.05) is 13.8 Å². The highest BCUT2D eigenvalue weighted by Crippen LogP contribution is 2.41. The van der Waals surface area contributed by atoms with Crippen LogP contribution in [0, 0.1) is 23.7 Å². The highest BCUT2D eigenvalue weighted by Gasteiger charge is 2.54. The van der Waals surface area contributed by atoms with E-state index >= 15 is 0 Å². The minimum absolute atomic E-state index is 0.0400. The lowest BCUT2D eigenvalue weighted by Crippen LogP contribution is -2.66. The van der Waals surface area contributed by atoms with Crippen molar-refractivity contribution < 1.29 is 86.7 Å². The number of ether oxygens (including phenoxy) is 14. The van der Waals surface area contributed by atoms with Crippen LogP contribution in [0.15, 0.2) is 0 Å². The van der Waals surface area contributed by atoms with E-state index in [2.05, 4.69) is 27.7 Å². The van der Waals surface area contributed by atoms with Gasteiger partial charge in [0.2, 0.25) is 0 Å². The van der Waals surface area contributed by atoms with Crippen LogP contribution in [-0.4, -0.2) is 170 Å². The van der Waals surface area contributed by atoms with Gasteiger partial charge in [-0.2, -0.15) is 0 Å². The Bertz CT molecular complexity index is 1030. The lowest BCUT2D eigenvalue weighted by Gasteiger charge is -2.51.